The molecule has 1 aliphatic carbocycles. The van der Waals surface area contributed by atoms with Gasteiger partial charge >= 0.3 is 5.97 Å². The minimum atomic E-state index is -1.84. The smallest absolute Gasteiger partial charge is 0.340 e. The highest BCUT2D eigenvalue weighted by molar-refractivity contribution is 5.80. The van der Waals surface area contributed by atoms with Crippen molar-refractivity contribution < 1.29 is 19.7 Å². The molecule has 1 fully saturated rings. The summed E-state index contributed by atoms with van der Waals surface area (Å²) in [7, 11) is 1.48. The summed E-state index contributed by atoms with van der Waals surface area (Å²) in [5.74, 6) is -1.01. The van der Waals surface area contributed by atoms with Gasteiger partial charge in [0.2, 0.25) is 0 Å². The molecular formula is C14H18O4. The van der Waals surface area contributed by atoms with Crippen molar-refractivity contribution in [1.82, 2.24) is 0 Å². The summed E-state index contributed by atoms with van der Waals surface area (Å²) >= 11 is 0. The fourth-order valence-electron chi connectivity index (χ4n) is 2.81. The van der Waals surface area contributed by atoms with Crippen molar-refractivity contribution in [3.63, 3.8) is 0 Å². The molecule has 0 radical (unpaired) electrons. The number of ether oxygens (including phenoxy) is 1. The summed E-state index contributed by atoms with van der Waals surface area (Å²) in [6.07, 6.45) is 3.41. The highest BCUT2D eigenvalue weighted by atomic mass is 16.5. The quantitative estimate of drug-likeness (QED) is 0.859. The number of aliphatic hydroxyl groups is 1. The number of carbonyl (C=O) groups is 1. The Bertz CT molecular complexity index is 437. The number of para-hydroxylation sites is 1. The first kappa shape index (κ1) is 12.9. The van der Waals surface area contributed by atoms with Crippen LogP contribution in [0.4, 0.5) is 0 Å². The van der Waals surface area contributed by atoms with Crippen LogP contribution in [0.1, 0.15) is 31.2 Å². The van der Waals surface area contributed by atoms with E-state index in [9.17, 15) is 15.0 Å². The van der Waals surface area contributed by atoms with E-state index in [1.807, 2.05) is 0 Å². The minimum Gasteiger partial charge on any atom is -0.496 e. The zero-order valence-electron chi connectivity index (χ0n) is 10.4. The van der Waals surface area contributed by atoms with Crippen molar-refractivity contribution in [3.8, 4) is 5.75 Å². The maximum absolute atomic E-state index is 11.6. The van der Waals surface area contributed by atoms with Crippen LogP contribution in [-0.2, 0) is 10.4 Å². The van der Waals surface area contributed by atoms with Crippen LogP contribution >= 0.6 is 0 Å². The zero-order valence-corrected chi connectivity index (χ0v) is 10.4. The average Bonchev–Trinajstić information content (AvgIpc) is 2.91. The van der Waals surface area contributed by atoms with Crippen LogP contribution in [-0.4, -0.2) is 23.3 Å². The van der Waals surface area contributed by atoms with Crippen molar-refractivity contribution >= 4 is 5.97 Å². The molecule has 1 unspecified atom stereocenters. The third kappa shape index (κ3) is 1.97. The lowest BCUT2D eigenvalue weighted by Gasteiger charge is -2.31. The van der Waals surface area contributed by atoms with Crippen molar-refractivity contribution in [2.45, 2.75) is 31.3 Å². The second-order valence-corrected chi connectivity index (χ2v) is 4.75. The number of carboxylic acid groups (broad SMARTS) is 1. The zero-order chi connectivity index (χ0) is 13.2. The largest absolute Gasteiger partial charge is 0.496 e. The average molecular weight is 250 g/mol. The van der Waals surface area contributed by atoms with E-state index in [1.54, 1.807) is 24.3 Å². The second-order valence-electron chi connectivity index (χ2n) is 4.75. The topological polar surface area (TPSA) is 66.8 Å². The standard InChI is InChI=1S/C14H18O4/c1-18-12-9-5-4-8-11(12)14(17,13(15)16)10-6-2-3-7-10/h4-5,8-10,17H,2-3,6-7H2,1H3,(H,15,16). The number of rotatable bonds is 4. The molecule has 1 aliphatic rings. The number of carboxylic acids is 1. The van der Waals surface area contributed by atoms with Crippen LogP contribution in [0.3, 0.4) is 0 Å². The van der Waals surface area contributed by atoms with Crippen molar-refractivity contribution in [3.05, 3.63) is 29.8 Å². The van der Waals surface area contributed by atoms with E-state index in [0.29, 0.717) is 11.3 Å². The lowest BCUT2D eigenvalue weighted by atomic mass is 9.79. The van der Waals surface area contributed by atoms with Gasteiger partial charge in [0.1, 0.15) is 5.75 Å². The van der Waals surface area contributed by atoms with Crippen LogP contribution < -0.4 is 4.74 Å². The molecule has 0 saturated heterocycles. The van der Waals surface area contributed by atoms with E-state index in [2.05, 4.69) is 0 Å². The molecule has 18 heavy (non-hydrogen) atoms. The maximum atomic E-state index is 11.6. The molecule has 0 aliphatic heterocycles. The van der Waals surface area contributed by atoms with Gasteiger partial charge < -0.3 is 14.9 Å². The second kappa shape index (κ2) is 4.98. The summed E-state index contributed by atoms with van der Waals surface area (Å²) in [4.78, 5) is 11.6. The van der Waals surface area contributed by atoms with Gasteiger partial charge in [0.05, 0.1) is 7.11 Å². The predicted molar refractivity (Wildman–Crippen MR) is 66.5 cm³/mol. The SMILES string of the molecule is COc1ccccc1C(O)(C(=O)O)C1CCCC1. The normalized spacial score (nSPS) is 19.4. The highest BCUT2D eigenvalue weighted by Gasteiger charge is 2.48. The van der Waals surface area contributed by atoms with E-state index in [1.165, 1.54) is 7.11 Å². The Morgan fingerprint density at radius 2 is 1.94 bits per heavy atom. The first-order valence-electron chi connectivity index (χ1n) is 6.20. The molecule has 98 valence electrons. The Morgan fingerprint density at radius 1 is 1.33 bits per heavy atom. The molecule has 2 rings (SSSR count). The first-order valence-corrected chi connectivity index (χ1v) is 6.20. The maximum Gasteiger partial charge on any atom is 0.340 e. The Morgan fingerprint density at radius 3 is 2.50 bits per heavy atom. The first-order chi connectivity index (χ1) is 8.60. The summed E-state index contributed by atoms with van der Waals surface area (Å²) in [5.41, 5.74) is -1.49. The van der Waals surface area contributed by atoms with Crippen molar-refractivity contribution in [2.24, 2.45) is 5.92 Å². The van der Waals surface area contributed by atoms with Crippen LogP contribution in [0, 0.1) is 5.92 Å². The fraction of sp³-hybridized carbons (Fsp3) is 0.500. The molecule has 1 atom stereocenters. The third-order valence-corrected chi connectivity index (χ3v) is 3.79. The molecular weight excluding hydrogens is 232 g/mol. The lowest BCUT2D eigenvalue weighted by molar-refractivity contribution is -0.166. The molecule has 0 spiro atoms. The summed E-state index contributed by atoms with van der Waals surface area (Å²) in [5, 5.41) is 20.2. The van der Waals surface area contributed by atoms with Gasteiger partial charge in [-0.25, -0.2) is 4.79 Å². The summed E-state index contributed by atoms with van der Waals surface area (Å²) in [6, 6.07) is 6.80. The van der Waals surface area contributed by atoms with Crippen LogP contribution in [0.15, 0.2) is 24.3 Å². The van der Waals surface area contributed by atoms with Gasteiger partial charge in [-0.05, 0) is 18.9 Å². The monoisotopic (exact) mass is 250 g/mol. The molecule has 0 amide bonds. The molecule has 0 aromatic heterocycles. The van der Waals surface area contributed by atoms with Crippen molar-refractivity contribution in [1.29, 1.82) is 0 Å². The highest BCUT2D eigenvalue weighted by Crippen LogP contribution is 2.43. The number of hydrogen-bond acceptors (Lipinski definition) is 3. The molecule has 1 saturated carbocycles. The molecule has 1 aromatic rings. The van der Waals surface area contributed by atoms with Crippen molar-refractivity contribution in [2.75, 3.05) is 7.11 Å². The van der Waals surface area contributed by atoms with Gasteiger partial charge in [-0.15, -0.1) is 0 Å². The molecule has 1 aromatic carbocycles. The number of methoxy groups -OCH3 is 1. The fourth-order valence-corrected chi connectivity index (χ4v) is 2.81. The minimum absolute atomic E-state index is 0.244. The van der Waals surface area contributed by atoms with E-state index in [4.69, 9.17) is 4.74 Å². The van der Waals surface area contributed by atoms with Crippen LogP contribution in [0.5, 0.6) is 5.75 Å². The Kier molecular flexibility index (Phi) is 3.57. The number of benzene rings is 1. The van der Waals surface area contributed by atoms with Gasteiger partial charge in [-0.1, -0.05) is 31.0 Å². The summed E-state index contributed by atoms with van der Waals surface area (Å²) in [6.45, 7) is 0. The Hall–Kier alpha value is -1.55. The molecule has 4 nitrogen and oxygen atoms in total. The van der Waals surface area contributed by atoms with Crippen LogP contribution in [0.25, 0.3) is 0 Å². The van der Waals surface area contributed by atoms with Gasteiger partial charge in [0, 0.05) is 11.5 Å². The molecule has 4 heteroatoms. The Balaban J connectivity index is 2.49. The van der Waals surface area contributed by atoms with Gasteiger partial charge in [-0.2, -0.15) is 0 Å². The van der Waals surface area contributed by atoms with Gasteiger partial charge in [-0.3, -0.25) is 0 Å². The Labute approximate surface area is 106 Å². The molecule has 0 bridgehead atoms. The third-order valence-electron chi connectivity index (χ3n) is 3.79. The van der Waals surface area contributed by atoms with E-state index in [-0.39, 0.29) is 5.92 Å². The van der Waals surface area contributed by atoms with E-state index in [0.717, 1.165) is 25.7 Å². The van der Waals surface area contributed by atoms with Gasteiger partial charge in [0.15, 0.2) is 5.60 Å². The lowest BCUT2D eigenvalue weighted by Crippen LogP contribution is -2.42. The predicted octanol–water partition coefficient (Wildman–Crippen LogP) is 2.16. The summed E-state index contributed by atoms with van der Waals surface area (Å²) < 4.78 is 5.18. The number of aliphatic carboxylic acids is 1. The molecule has 2 N–H and O–H groups in total. The van der Waals surface area contributed by atoms with Crippen LogP contribution in [0.2, 0.25) is 0 Å². The van der Waals surface area contributed by atoms with E-state index >= 15 is 0 Å². The van der Waals surface area contributed by atoms with E-state index < -0.39 is 11.6 Å². The van der Waals surface area contributed by atoms with Gasteiger partial charge in [0.25, 0.3) is 0 Å². The number of hydrogen-bond donors (Lipinski definition) is 2. The molecule has 0 heterocycles.